The minimum absolute atomic E-state index is 0.519. The summed E-state index contributed by atoms with van der Waals surface area (Å²) in [6, 6.07) is 0.580. The van der Waals surface area contributed by atoms with Crippen molar-refractivity contribution in [3.05, 3.63) is 12.4 Å². The average Bonchev–Trinajstić information content (AvgIpc) is 2.85. The van der Waals surface area contributed by atoms with Gasteiger partial charge >= 0.3 is 0 Å². The molecular weight excluding hydrogens is 250 g/mol. The summed E-state index contributed by atoms with van der Waals surface area (Å²) in [7, 11) is 0. The predicted octanol–water partition coefficient (Wildman–Crippen LogP) is 3.69. The van der Waals surface area contributed by atoms with Crippen LogP contribution in [-0.4, -0.2) is 28.8 Å². The molecule has 114 valence electrons. The summed E-state index contributed by atoms with van der Waals surface area (Å²) in [4.78, 5) is 4.46. The molecule has 20 heavy (non-hydrogen) atoms. The van der Waals surface area contributed by atoms with Crippen molar-refractivity contribution >= 4 is 5.95 Å². The Labute approximate surface area is 122 Å². The van der Waals surface area contributed by atoms with Crippen LogP contribution in [0.2, 0.25) is 0 Å². The van der Waals surface area contributed by atoms with Gasteiger partial charge in [0, 0.05) is 38.2 Å². The van der Waals surface area contributed by atoms with E-state index < -0.39 is 0 Å². The molecule has 2 rings (SSSR count). The Morgan fingerprint density at radius 3 is 2.85 bits per heavy atom. The van der Waals surface area contributed by atoms with Crippen molar-refractivity contribution in [3.8, 4) is 0 Å². The van der Waals surface area contributed by atoms with Crippen LogP contribution in [-0.2, 0) is 11.3 Å². The van der Waals surface area contributed by atoms with Crippen LogP contribution >= 0.6 is 0 Å². The van der Waals surface area contributed by atoms with E-state index in [0.29, 0.717) is 11.5 Å². The molecule has 0 atom stereocenters. The Kier molecular flexibility index (Phi) is 5.46. The van der Waals surface area contributed by atoms with Gasteiger partial charge < -0.3 is 14.6 Å². The normalized spacial score (nSPS) is 19.1. The van der Waals surface area contributed by atoms with E-state index in [1.165, 1.54) is 25.7 Å². The minimum atomic E-state index is 0.519. The van der Waals surface area contributed by atoms with Crippen molar-refractivity contribution in [1.82, 2.24) is 9.55 Å². The number of nitrogens with zero attached hydrogens (tertiary/aromatic N) is 2. The van der Waals surface area contributed by atoms with Gasteiger partial charge in [0.2, 0.25) is 5.95 Å². The third kappa shape index (κ3) is 4.51. The molecule has 0 aliphatic heterocycles. The second-order valence-corrected chi connectivity index (χ2v) is 6.58. The molecule has 4 nitrogen and oxygen atoms in total. The summed E-state index contributed by atoms with van der Waals surface area (Å²) in [6.45, 7) is 9.38. The lowest BCUT2D eigenvalue weighted by Gasteiger charge is -2.34. The molecule has 0 saturated heterocycles. The van der Waals surface area contributed by atoms with Crippen LogP contribution in [0.15, 0.2) is 12.4 Å². The maximum Gasteiger partial charge on any atom is 0.202 e. The number of rotatable bonds is 7. The molecule has 0 radical (unpaired) electrons. The van der Waals surface area contributed by atoms with Gasteiger partial charge in [0.25, 0.3) is 0 Å². The number of anilines is 1. The molecule has 1 aliphatic carbocycles. The van der Waals surface area contributed by atoms with E-state index >= 15 is 0 Å². The minimum Gasteiger partial charge on any atom is -0.382 e. The van der Waals surface area contributed by atoms with Gasteiger partial charge in [0.15, 0.2) is 0 Å². The highest BCUT2D eigenvalue weighted by Crippen LogP contribution is 2.35. The van der Waals surface area contributed by atoms with Gasteiger partial charge in [-0.2, -0.15) is 0 Å². The number of imidazole rings is 1. The molecule has 0 spiro atoms. The number of aryl methyl sites for hydroxylation is 1. The quantitative estimate of drug-likeness (QED) is 0.774. The maximum absolute atomic E-state index is 5.39. The second kappa shape index (κ2) is 7.11. The summed E-state index contributed by atoms with van der Waals surface area (Å²) in [5.41, 5.74) is 0.519. The van der Waals surface area contributed by atoms with E-state index in [4.69, 9.17) is 4.74 Å². The second-order valence-electron chi connectivity index (χ2n) is 6.58. The van der Waals surface area contributed by atoms with E-state index in [0.717, 1.165) is 32.1 Å². The lowest BCUT2D eigenvalue weighted by Crippen LogP contribution is -2.30. The van der Waals surface area contributed by atoms with Crippen LogP contribution in [0.3, 0.4) is 0 Å². The first-order chi connectivity index (χ1) is 9.61. The zero-order chi connectivity index (χ0) is 14.4. The van der Waals surface area contributed by atoms with Gasteiger partial charge in [-0.15, -0.1) is 0 Å². The smallest absolute Gasteiger partial charge is 0.202 e. The van der Waals surface area contributed by atoms with E-state index in [2.05, 4.69) is 34.9 Å². The number of hydrogen-bond acceptors (Lipinski definition) is 3. The largest absolute Gasteiger partial charge is 0.382 e. The summed E-state index contributed by atoms with van der Waals surface area (Å²) in [5, 5.41) is 3.62. The maximum atomic E-state index is 5.39. The molecule has 1 aliphatic rings. The molecule has 1 N–H and O–H groups in total. The summed E-state index contributed by atoms with van der Waals surface area (Å²) in [6.07, 6.45) is 10.1. The fourth-order valence-corrected chi connectivity index (χ4v) is 2.84. The first kappa shape index (κ1) is 15.4. The van der Waals surface area contributed by atoms with E-state index in [-0.39, 0.29) is 0 Å². The molecular formula is C16H29N3O. The SMILES string of the molecule is CCOCCCn1ccnc1NC1CCC(C)(C)CC1. The fourth-order valence-electron chi connectivity index (χ4n) is 2.84. The van der Waals surface area contributed by atoms with Crippen LogP contribution in [0.4, 0.5) is 5.95 Å². The molecule has 1 fully saturated rings. The van der Waals surface area contributed by atoms with Crippen LogP contribution < -0.4 is 5.32 Å². The predicted molar refractivity (Wildman–Crippen MR) is 83.0 cm³/mol. The average molecular weight is 279 g/mol. The van der Waals surface area contributed by atoms with Crippen molar-refractivity contribution in [1.29, 1.82) is 0 Å². The van der Waals surface area contributed by atoms with E-state index in [9.17, 15) is 0 Å². The van der Waals surface area contributed by atoms with Gasteiger partial charge in [-0.05, 0) is 44.4 Å². The Hall–Kier alpha value is -1.03. The Balaban J connectivity index is 1.80. The number of hydrogen-bond donors (Lipinski definition) is 1. The van der Waals surface area contributed by atoms with Crippen molar-refractivity contribution in [2.75, 3.05) is 18.5 Å². The highest BCUT2D eigenvalue weighted by atomic mass is 16.5. The van der Waals surface area contributed by atoms with Gasteiger partial charge in [0.1, 0.15) is 0 Å². The molecule has 1 heterocycles. The van der Waals surface area contributed by atoms with Crippen LogP contribution in [0.1, 0.15) is 52.9 Å². The molecule has 1 aromatic heterocycles. The Morgan fingerprint density at radius 1 is 1.40 bits per heavy atom. The molecule has 4 heteroatoms. The standard InChI is InChI=1S/C16H29N3O/c1-4-20-13-5-11-19-12-10-17-15(19)18-14-6-8-16(2,3)9-7-14/h10,12,14H,4-9,11,13H2,1-3H3,(H,17,18). The van der Waals surface area contributed by atoms with Crippen molar-refractivity contribution < 1.29 is 4.74 Å². The van der Waals surface area contributed by atoms with Crippen LogP contribution in [0, 0.1) is 5.41 Å². The van der Waals surface area contributed by atoms with E-state index in [1.807, 2.05) is 13.1 Å². The van der Waals surface area contributed by atoms with Gasteiger partial charge in [-0.3, -0.25) is 0 Å². The monoisotopic (exact) mass is 279 g/mol. The Morgan fingerprint density at radius 2 is 2.15 bits per heavy atom. The third-order valence-corrected chi connectivity index (χ3v) is 4.28. The fraction of sp³-hybridized carbons (Fsp3) is 0.812. The molecule has 1 saturated carbocycles. The van der Waals surface area contributed by atoms with Crippen LogP contribution in [0.5, 0.6) is 0 Å². The van der Waals surface area contributed by atoms with Gasteiger partial charge in [0.05, 0.1) is 0 Å². The zero-order valence-electron chi connectivity index (χ0n) is 13.2. The van der Waals surface area contributed by atoms with Gasteiger partial charge in [-0.1, -0.05) is 13.8 Å². The molecule has 0 amide bonds. The first-order valence-corrected chi connectivity index (χ1v) is 7.96. The number of aromatic nitrogens is 2. The summed E-state index contributed by atoms with van der Waals surface area (Å²) < 4.78 is 7.60. The van der Waals surface area contributed by atoms with Crippen molar-refractivity contribution in [2.24, 2.45) is 5.41 Å². The highest BCUT2D eigenvalue weighted by Gasteiger charge is 2.27. The first-order valence-electron chi connectivity index (χ1n) is 7.96. The third-order valence-electron chi connectivity index (χ3n) is 4.28. The van der Waals surface area contributed by atoms with Gasteiger partial charge in [-0.25, -0.2) is 4.98 Å². The van der Waals surface area contributed by atoms with Crippen LogP contribution in [0.25, 0.3) is 0 Å². The molecule has 0 aromatic carbocycles. The molecule has 0 unspecified atom stereocenters. The zero-order valence-corrected chi connectivity index (χ0v) is 13.2. The van der Waals surface area contributed by atoms with Crippen molar-refractivity contribution in [3.63, 3.8) is 0 Å². The van der Waals surface area contributed by atoms with E-state index in [1.54, 1.807) is 0 Å². The Bertz CT molecular complexity index is 390. The summed E-state index contributed by atoms with van der Waals surface area (Å²) >= 11 is 0. The lowest BCUT2D eigenvalue weighted by molar-refractivity contribution is 0.141. The van der Waals surface area contributed by atoms with Crippen molar-refractivity contribution in [2.45, 2.75) is 65.5 Å². The number of nitrogens with one attached hydrogen (secondary N) is 1. The molecule has 0 bridgehead atoms. The molecule has 1 aromatic rings. The number of ether oxygens (including phenoxy) is 1. The topological polar surface area (TPSA) is 39.1 Å². The lowest BCUT2D eigenvalue weighted by atomic mass is 9.76. The summed E-state index contributed by atoms with van der Waals surface area (Å²) in [5.74, 6) is 1.02. The highest BCUT2D eigenvalue weighted by molar-refractivity contribution is 5.27.